The Balaban J connectivity index is 2.40. The van der Waals surface area contributed by atoms with Crippen LogP contribution >= 0.6 is 0 Å². The van der Waals surface area contributed by atoms with Crippen molar-refractivity contribution in [3.05, 3.63) is 24.3 Å². The van der Waals surface area contributed by atoms with Crippen LogP contribution in [0.3, 0.4) is 0 Å². The van der Waals surface area contributed by atoms with Crippen molar-refractivity contribution in [3.8, 4) is 5.75 Å². The van der Waals surface area contributed by atoms with E-state index in [0.717, 1.165) is 11.4 Å². The van der Waals surface area contributed by atoms with Crippen molar-refractivity contribution >= 4 is 11.6 Å². The van der Waals surface area contributed by atoms with E-state index in [2.05, 4.69) is 15.6 Å². The van der Waals surface area contributed by atoms with Crippen LogP contribution in [0.15, 0.2) is 24.3 Å². The number of methoxy groups -OCH3 is 2. The fraction of sp³-hybridized carbons (Fsp3) is 0.300. The molecule has 1 aromatic carbocycles. The summed E-state index contributed by atoms with van der Waals surface area (Å²) in [6.07, 6.45) is 0. The van der Waals surface area contributed by atoms with Crippen LogP contribution in [0.1, 0.15) is 0 Å². The molecule has 2 N–H and O–H groups in total. The van der Waals surface area contributed by atoms with Crippen molar-refractivity contribution < 1.29 is 14.3 Å². The van der Waals surface area contributed by atoms with Gasteiger partial charge in [0.15, 0.2) is 0 Å². The van der Waals surface area contributed by atoms with E-state index in [1.807, 2.05) is 0 Å². The van der Waals surface area contributed by atoms with E-state index in [9.17, 15) is 4.79 Å². The maximum atomic E-state index is 11.0. The lowest BCUT2D eigenvalue weighted by atomic mass is 10.3. The van der Waals surface area contributed by atoms with Gasteiger partial charge in [0.2, 0.25) is 0 Å². The van der Waals surface area contributed by atoms with Gasteiger partial charge in [-0.2, -0.15) is 0 Å². The summed E-state index contributed by atoms with van der Waals surface area (Å²) in [6.45, 7) is 0.0309. The van der Waals surface area contributed by atoms with Crippen LogP contribution in [0.2, 0.25) is 0 Å². The molecular formula is C10H14N2O3. The number of hydrogen-bond acceptors (Lipinski definition) is 4. The first-order valence-electron chi connectivity index (χ1n) is 4.44. The predicted molar refractivity (Wildman–Crippen MR) is 56.6 cm³/mol. The quantitative estimate of drug-likeness (QED) is 0.705. The van der Waals surface area contributed by atoms with Gasteiger partial charge < -0.3 is 9.47 Å². The Hall–Kier alpha value is -1.75. The van der Waals surface area contributed by atoms with Crippen LogP contribution in [0, 0.1) is 0 Å². The largest absolute Gasteiger partial charge is 0.497 e. The lowest BCUT2D eigenvalue weighted by Crippen LogP contribution is -2.32. The summed E-state index contributed by atoms with van der Waals surface area (Å²) in [6, 6.07) is 7.19. The second-order valence-corrected chi connectivity index (χ2v) is 2.83. The van der Waals surface area contributed by atoms with E-state index in [0.29, 0.717) is 0 Å². The maximum Gasteiger partial charge on any atom is 0.264 e. The van der Waals surface area contributed by atoms with Gasteiger partial charge in [-0.3, -0.25) is 15.6 Å². The van der Waals surface area contributed by atoms with Gasteiger partial charge >= 0.3 is 0 Å². The molecule has 0 radical (unpaired) electrons. The average Bonchev–Trinajstić information content (AvgIpc) is 2.27. The van der Waals surface area contributed by atoms with Crippen molar-refractivity contribution in [1.29, 1.82) is 0 Å². The van der Waals surface area contributed by atoms with Gasteiger partial charge in [0.1, 0.15) is 12.4 Å². The topological polar surface area (TPSA) is 59.6 Å². The summed E-state index contributed by atoms with van der Waals surface area (Å²) >= 11 is 0. The standard InChI is InChI=1S/C10H14N2O3/c1-14-7-10(13)12-11-8-3-5-9(15-2)6-4-8/h3-6,11H,7H2,1-2H3,(H,12,13). The van der Waals surface area contributed by atoms with E-state index < -0.39 is 0 Å². The summed E-state index contributed by atoms with van der Waals surface area (Å²) in [7, 11) is 3.07. The van der Waals surface area contributed by atoms with Gasteiger partial charge in [0, 0.05) is 7.11 Å². The van der Waals surface area contributed by atoms with Gasteiger partial charge in [-0.05, 0) is 24.3 Å². The molecule has 0 bridgehead atoms. The Bertz CT molecular complexity index is 311. The first kappa shape index (κ1) is 11.3. The highest BCUT2D eigenvalue weighted by Gasteiger charge is 1.98. The van der Waals surface area contributed by atoms with Gasteiger partial charge in [0.25, 0.3) is 5.91 Å². The number of nitrogens with one attached hydrogen (secondary N) is 2. The molecule has 0 fully saturated rings. The Kier molecular flexibility index (Phi) is 4.43. The zero-order valence-electron chi connectivity index (χ0n) is 8.74. The van der Waals surface area contributed by atoms with Crippen molar-refractivity contribution in [2.45, 2.75) is 0 Å². The summed E-state index contributed by atoms with van der Waals surface area (Å²) < 4.78 is 9.65. The Morgan fingerprint density at radius 1 is 1.27 bits per heavy atom. The average molecular weight is 210 g/mol. The number of benzene rings is 1. The predicted octanol–water partition coefficient (Wildman–Crippen LogP) is 0.785. The number of carbonyl (C=O) groups is 1. The molecule has 15 heavy (non-hydrogen) atoms. The van der Waals surface area contributed by atoms with Gasteiger partial charge in [0.05, 0.1) is 12.8 Å². The number of amides is 1. The van der Waals surface area contributed by atoms with Gasteiger partial charge in [-0.15, -0.1) is 0 Å². The Labute approximate surface area is 88.3 Å². The smallest absolute Gasteiger partial charge is 0.264 e. The zero-order chi connectivity index (χ0) is 11.1. The lowest BCUT2D eigenvalue weighted by molar-refractivity contribution is -0.124. The molecule has 0 aromatic heterocycles. The molecule has 0 atom stereocenters. The molecule has 0 saturated carbocycles. The fourth-order valence-corrected chi connectivity index (χ4v) is 0.983. The summed E-state index contributed by atoms with van der Waals surface area (Å²) in [4.78, 5) is 11.0. The third-order valence-corrected chi connectivity index (χ3v) is 1.71. The van der Waals surface area contributed by atoms with Crippen LogP contribution in [-0.2, 0) is 9.53 Å². The summed E-state index contributed by atoms with van der Waals surface area (Å²) in [5, 5.41) is 0. The maximum absolute atomic E-state index is 11.0. The van der Waals surface area contributed by atoms with Crippen molar-refractivity contribution in [3.63, 3.8) is 0 Å². The van der Waals surface area contributed by atoms with E-state index >= 15 is 0 Å². The molecule has 5 heteroatoms. The molecule has 0 aliphatic rings. The zero-order valence-corrected chi connectivity index (χ0v) is 8.74. The molecule has 82 valence electrons. The van der Waals surface area contributed by atoms with Crippen molar-refractivity contribution in [2.24, 2.45) is 0 Å². The van der Waals surface area contributed by atoms with Crippen molar-refractivity contribution in [1.82, 2.24) is 5.43 Å². The van der Waals surface area contributed by atoms with E-state index in [-0.39, 0.29) is 12.5 Å². The van der Waals surface area contributed by atoms with Crippen LogP contribution < -0.4 is 15.6 Å². The normalized spacial score (nSPS) is 9.47. The summed E-state index contributed by atoms with van der Waals surface area (Å²) in [5.41, 5.74) is 6.01. The third kappa shape index (κ3) is 3.86. The van der Waals surface area contributed by atoms with E-state index in [4.69, 9.17) is 4.74 Å². The monoisotopic (exact) mass is 210 g/mol. The first-order valence-corrected chi connectivity index (χ1v) is 4.44. The third-order valence-electron chi connectivity index (χ3n) is 1.71. The Morgan fingerprint density at radius 3 is 2.47 bits per heavy atom. The molecule has 0 spiro atoms. The van der Waals surface area contributed by atoms with Crippen LogP contribution in [-0.4, -0.2) is 26.7 Å². The molecular weight excluding hydrogens is 196 g/mol. The molecule has 0 unspecified atom stereocenters. The Morgan fingerprint density at radius 2 is 1.93 bits per heavy atom. The highest BCUT2D eigenvalue weighted by atomic mass is 16.5. The minimum atomic E-state index is -0.228. The molecule has 0 saturated heterocycles. The minimum Gasteiger partial charge on any atom is -0.497 e. The number of hydrazine groups is 1. The molecule has 0 aliphatic carbocycles. The molecule has 1 amide bonds. The SMILES string of the molecule is COCC(=O)NNc1ccc(OC)cc1. The van der Waals surface area contributed by atoms with E-state index in [1.165, 1.54) is 7.11 Å². The van der Waals surface area contributed by atoms with Crippen LogP contribution in [0.5, 0.6) is 5.75 Å². The molecule has 0 aliphatic heterocycles. The van der Waals surface area contributed by atoms with Crippen LogP contribution in [0.25, 0.3) is 0 Å². The molecule has 1 aromatic rings. The minimum absolute atomic E-state index is 0.0309. The van der Waals surface area contributed by atoms with Gasteiger partial charge in [-0.25, -0.2) is 0 Å². The number of hydrogen-bond donors (Lipinski definition) is 2. The number of anilines is 1. The highest BCUT2D eigenvalue weighted by Crippen LogP contribution is 2.13. The summed E-state index contributed by atoms with van der Waals surface area (Å²) in [5.74, 6) is 0.539. The molecule has 0 heterocycles. The fourth-order valence-electron chi connectivity index (χ4n) is 0.983. The highest BCUT2D eigenvalue weighted by molar-refractivity contribution is 5.78. The lowest BCUT2D eigenvalue weighted by Gasteiger charge is -2.08. The second-order valence-electron chi connectivity index (χ2n) is 2.83. The number of carbonyl (C=O) groups excluding carboxylic acids is 1. The van der Waals surface area contributed by atoms with Crippen molar-refractivity contribution in [2.75, 3.05) is 26.3 Å². The molecule has 1 rings (SSSR count). The van der Waals surface area contributed by atoms with Gasteiger partial charge in [-0.1, -0.05) is 0 Å². The first-order chi connectivity index (χ1) is 7.26. The molecule has 5 nitrogen and oxygen atoms in total. The van der Waals surface area contributed by atoms with E-state index in [1.54, 1.807) is 31.4 Å². The number of rotatable bonds is 5. The number of ether oxygens (including phenoxy) is 2. The second kappa shape index (κ2) is 5.87. The van der Waals surface area contributed by atoms with Crippen LogP contribution in [0.4, 0.5) is 5.69 Å².